The van der Waals surface area contributed by atoms with Crippen LogP contribution in [0.15, 0.2) is 182 Å². The Kier molecular flexibility index (Phi) is 6.13. The molecular formula is C48H30N2O2. The number of nitrogens with zero attached hydrogens (tertiary/aromatic N) is 2. The second-order valence-corrected chi connectivity index (χ2v) is 13.5. The first-order valence-electron chi connectivity index (χ1n) is 17.6. The van der Waals surface area contributed by atoms with E-state index < -0.39 is 5.41 Å². The predicted molar refractivity (Wildman–Crippen MR) is 208 cm³/mol. The predicted octanol–water partition coefficient (Wildman–Crippen LogP) is 12.1. The molecule has 9 aromatic rings. The zero-order valence-corrected chi connectivity index (χ0v) is 28.0. The summed E-state index contributed by atoms with van der Waals surface area (Å²) in [6.45, 7) is 0. The molecule has 0 saturated heterocycles. The molecule has 0 amide bonds. The van der Waals surface area contributed by atoms with Crippen molar-refractivity contribution < 1.29 is 9.47 Å². The van der Waals surface area contributed by atoms with Crippen LogP contribution < -0.4 is 9.47 Å². The van der Waals surface area contributed by atoms with E-state index in [0.717, 1.165) is 73.3 Å². The van der Waals surface area contributed by atoms with Gasteiger partial charge < -0.3 is 14.0 Å². The monoisotopic (exact) mass is 666 g/mol. The molecule has 11 rings (SSSR count). The number of ether oxygens (including phenoxy) is 2. The van der Waals surface area contributed by atoms with E-state index in [0.29, 0.717) is 0 Å². The van der Waals surface area contributed by atoms with Gasteiger partial charge in [0, 0.05) is 50.5 Å². The molecule has 0 N–H and O–H groups in total. The highest BCUT2D eigenvalue weighted by Gasteiger charge is 2.50. The van der Waals surface area contributed by atoms with Crippen molar-refractivity contribution in [2.24, 2.45) is 0 Å². The molecule has 52 heavy (non-hydrogen) atoms. The fourth-order valence-corrected chi connectivity index (χ4v) is 8.55. The quantitative estimate of drug-likeness (QED) is 0.188. The summed E-state index contributed by atoms with van der Waals surface area (Å²) in [6, 6.07) is 62.1. The highest BCUT2D eigenvalue weighted by Crippen LogP contribution is 2.62. The molecule has 1 spiro atoms. The third kappa shape index (κ3) is 4.06. The number of aromatic nitrogens is 2. The normalized spacial score (nSPS) is 15.3. The van der Waals surface area contributed by atoms with E-state index in [2.05, 4.69) is 155 Å². The Morgan fingerprint density at radius 2 is 0.962 bits per heavy atom. The van der Waals surface area contributed by atoms with Crippen molar-refractivity contribution in [3.8, 4) is 51.1 Å². The van der Waals surface area contributed by atoms with Crippen LogP contribution in [-0.4, -0.2) is 9.55 Å². The molecule has 4 nitrogen and oxygen atoms in total. The van der Waals surface area contributed by atoms with Crippen molar-refractivity contribution in [1.29, 1.82) is 0 Å². The maximum absolute atomic E-state index is 6.85. The van der Waals surface area contributed by atoms with Gasteiger partial charge in [0.05, 0.1) is 22.1 Å². The fourth-order valence-electron chi connectivity index (χ4n) is 8.55. The van der Waals surface area contributed by atoms with Crippen LogP contribution >= 0.6 is 0 Å². The van der Waals surface area contributed by atoms with E-state index >= 15 is 0 Å². The van der Waals surface area contributed by atoms with Crippen molar-refractivity contribution in [3.05, 3.63) is 204 Å². The lowest BCUT2D eigenvalue weighted by atomic mass is 9.62. The molecule has 4 heteroatoms. The summed E-state index contributed by atoms with van der Waals surface area (Å²) < 4.78 is 15.9. The molecule has 2 aliphatic rings. The second kappa shape index (κ2) is 11.0. The molecule has 4 heterocycles. The topological polar surface area (TPSA) is 36.3 Å². The molecular weight excluding hydrogens is 637 g/mol. The van der Waals surface area contributed by atoms with Crippen LogP contribution in [-0.2, 0) is 5.41 Å². The maximum atomic E-state index is 6.85. The first kappa shape index (κ1) is 28.9. The number of fused-ring (bicyclic) bond motifs is 11. The summed E-state index contributed by atoms with van der Waals surface area (Å²) in [4.78, 5) is 4.63. The van der Waals surface area contributed by atoms with Crippen LogP contribution in [0.25, 0.3) is 49.9 Å². The van der Waals surface area contributed by atoms with Crippen molar-refractivity contribution in [2.75, 3.05) is 0 Å². The summed E-state index contributed by atoms with van der Waals surface area (Å²) in [5.41, 5.74) is 11.3. The highest BCUT2D eigenvalue weighted by atomic mass is 16.5. The number of hydrogen-bond acceptors (Lipinski definition) is 3. The smallest absolute Gasteiger partial charge is 0.132 e. The van der Waals surface area contributed by atoms with Crippen molar-refractivity contribution in [2.45, 2.75) is 5.41 Å². The Morgan fingerprint density at radius 3 is 1.69 bits per heavy atom. The number of benzene rings is 7. The molecule has 2 aliphatic heterocycles. The number of para-hydroxylation sites is 4. The average Bonchev–Trinajstić information content (AvgIpc) is 3.55. The van der Waals surface area contributed by atoms with Gasteiger partial charge in [0.15, 0.2) is 0 Å². The molecule has 0 radical (unpaired) electrons. The lowest BCUT2D eigenvalue weighted by Crippen LogP contribution is -2.36. The number of rotatable bonds is 3. The van der Waals surface area contributed by atoms with Crippen LogP contribution in [0.2, 0.25) is 0 Å². The molecule has 0 aliphatic carbocycles. The van der Waals surface area contributed by atoms with Crippen LogP contribution in [0.3, 0.4) is 0 Å². The van der Waals surface area contributed by atoms with Gasteiger partial charge in [0.1, 0.15) is 23.0 Å². The first-order chi connectivity index (χ1) is 25.8. The zero-order valence-electron chi connectivity index (χ0n) is 28.0. The van der Waals surface area contributed by atoms with E-state index in [1.54, 1.807) is 0 Å². The second-order valence-electron chi connectivity index (χ2n) is 13.5. The van der Waals surface area contributed by atoms with Gasteiger partial charge in [-0.1, -0.05) is 109 Å². The van der Waals surface area contributed by atoms with Crippen molar-refractivity contribution in [3.63, 3.8) is 0 Å². The van der Waals surface area contributed by atoms with E-state index in [1.165, 1.54) is 21.8 Å². The molecule has 0 saturated carbocycles. The molecule has 1 unspecified atom stereocenters. The minimum atomic E-state index is -0.664. The third-order valence-corrected chi connectivity index (χ3v) is 10.8. The summed E-state index contributed by atoms with van der Waals surface area (Å²) >= 11 is 0. The molecule has 0 bridgehead atoms. The molecule has 2 aromatic heterocycles. The summed E-state index contributed by atoms with van der Waals surface area (Å²) in [7, 11) is 0. The van der Waals surface area contributed by atoms with Gasteiger partial charge in [-0.3, -0.25) is 4.98 Å². The maximum Gasteiger partial charge on any atom is 0.132 e. The van der Waals surface area contributed by atoms with Gasteiger partial charge in [-0.05, 0) is 77.9 Å². The fraction of sp³-hybridized carbons (Fsp3) is 0.0208. The van der Waals surface area contributed by atoms with Crippen LogP contribution in [0.5, 0.6) is 23.0 Å². The Bertz CT molecular complexity index is 2850. The van der Waals surface area contributed by atoms with Gasteiger partial charge in [-0.25, -0.2) is 0 Å². The van der Waals surface area contributed by atoms with E-state index in [1.807, 2.05) is 36.5 Å². The van der Waals surface area contributed by atoms with Crippen LogP contribution in [0, 0.1) is 0 Å². The number of hydrogen-bond donors (Lipinski definition) is 0. The first-order valence-corrected chi connectivity index (χ1v) is 17.6. The lowest BCUT2D eigenvalue weighted by molar-refractivity contribution is 0.399. The van der Waals surface area contributed by atoms with Gasteiger partial charge in [-0.15, -0.1) is 0 Å². The summed E-state index contributed by atoms with van der Waals surface area (Å²) in [5.74, 6) is 3.32. The van der Waals surface area contributed by atoms with Crippen LogP contribution in [0.4, 0.5) is 0 Å². The Balaban J connectivity index is 1.13. The van der Waals surface area contributed by atoms with E-state index in [-0.39, 0.29) is 0 Å². The Hall–Kier alpha value is -6.91. The zero-order chi connectivity index (χ0) is 34.2. The van der Waals surface area contributed by atoms with E-state index in [4.69, 9.17) is 9.47 Å². The van der Waals surface area contributed by atoms with Crippen molar-refractivity contribution >= 4 is 21.8 Å². The minimum absolute atomic E-state index is 0.664. The lowest BCUT2D eigenvalue weighted by Gasteiger charge is -2.45. The molecule has 7 aromatic carbocycles. The number of pyridine rings is 1. The minimum Gasteiger partial charge on any atom is -0.457 e. The Labute approximate surface area is 300 Å². The van der Waals surface area contributed by atoms with Gasteiger partial charge in [0.2, 0.25) is 0 Å². The standard InChI is InChI=1S/C48H30N2O2/c1-2-12-34(13-3-1)50-42-18-7-4-14-35(42)36-28-31(23-26-43(36)50)32-21-24-39-46(29-32)51-44-19-8-5-15-37(44)48(39)38-16-6-9-20-45(38)52-47-30-33(22-25-40(47)48)41-17-10-11-27-49-41/h1-30H. The average molecular weight is 667 g/mol. The van der Waals surface area contributed by atoms with Crippen molar-refractivity contribution in [1.82, 2.24) is 9.55 Å². The van der Waals surface area contributed by atoms with Gasteiger partial charge in [0.25, 0.3) is 0 Å². The SMILES string of the molecule is c1ccc(-n2c3ccccc3c3cc(-c4ccc5c(c4)Oc4ccccc4C54c5ccccc5Oc5cc(-c6ccccn6)ccc54)ccc32)cc1. The largest absolute Gasteiger partial charge is 0.457 e. The molecule has 1 atom stereocenters. The Morgan fingerprint density at radius 1 is 0.404 bits per heavy atom. The third-order valence-electron chi connectivity index (χ3n) is 10.8. The summed E-state index contributed by atoms with van der Waals surface area (Å²) in [6.07, 6.45) is 1.83. The van der Waals surface area contributed by atoms with Crippen LogP contribution in [0.1, 0.15) is 22.3 Å². The molecule has 244 valence electrons. The van der Waals surface area contributed by atoms with Gasteiger partial charge in [-0.2, -0.15) is 0 Å². The highest BCUT2D eigenvalue weighted by molar-refractivity contribution is 6.10. The van der Waals surface area contributed by atoms with Gasteiger partial charge >= 0.3 is 0 Å². The summed E-state index contributed by atoms with van der Waals surface area (Å²) in [5, 5.41) is 2.44. The van der Waals surface area contributed by atoms with E-state index in [9.17, 15) is 0 Å². The molecule has 0 fully saturated rings.